The van der Waals surface area contributed by atoms with Gasteiger partial charge in [-0.2, -0.15) is 0 Å². The van der Waals surface area contributed by atoms with Crippen LogP contribution in [0.25, 0.3) is 0 Å². The molecule has 3 heterocycles. The van der Waals surface area contributed by atoms with Crippen molar-refractivity contribution in [1.29, 1.82) is 0 Å². The number of carbonyl (C=O) groups excluding carboxylic acids is 3. The molecule has 41 heavy (non-hydrogen) atoms. The quantitative estimate of drug-likeness (QED) is 0.367. The van der Waals surface area contributed by atoms with Crippen LogP contribution in [0.15, 0.2) is 54.6 Å². The fourth-order valence-corrected chi connectivity index (χ4v) is 7.60. The molecule has 0 saturated carbocycles. The van der Waals surface area contributed by atoms with Crippen molar-refractivity contribution >= 4 is 39.3 Å². The van der Waals surface area contributed by atoms with Crippen LogP contribution in [0, 0.1) is 11.8 Å². The third kappa shape index (κ3) is 5.49. The summed E-state index contributed by atoms with van der Waals surface area (Å²) < 4.78 is 12.1. The summed E-state index contributed by atoms with van der Waals surface area (Å²) in [4.78, 5) is 43.4. The molecule has 3 saturated heterocycles. The van der Waals surface area contributed by atoms with Gasteiger partial charge in [0.2, 0.25) is 17.7 Å². The first-order valence-electron chi connectivity index (χ1n) is 14.1. The highest BCUT2D eigenvalue weighted by atomic mass is 79.9. The van der Waals surface area contributed by atoms with E-state index < -0.39 is 41.2 Å². The standard InChI is InChI=1S/C31H38BrN3O6/c1-5-40-21-13-11-19(12-14-21)33-27(37)23-24-29(39)35(20(17-36)15-18-9-7-6-8-10-18)26(28(38)34-30(2,3)4)31(24)16-22(32)25(23)41-31/h6-14,20,22-26,36H,5,15-17H2,1-4H3,(H,33,37)(H,34,38)/t20-,22?,23-,24+,25-,26?,31?/m1/s1. The van der Waals surface area contributed by atoms with Crippen LogP contribution in [0.4, 0.5) is 5.69 Å². The number of halogens is 1. The number of aliphatic hydroxyl groups is 1. The van der Waals surface area contributed by atoms with E-state index in [9.17, 15) is 19.5 Å². The Morgan fingerprint density at radius 2 is 1.83 bits per heavy atom. The molecule has 2 bridgehead atoms. The minimum Gasteiger partial charge on any atom is -0.494 e. The summed E-state index contributed by atoms with van der Waals surface area (Å²) in [7, 11) is 0. The maximum absolute atomic E-state index is 14.4. The van der Waals surface area contributed by atoms with E-state index in [1.54, 1.807) is 24.3 Å². The van der Waals surface area contributed by atoms with Crippen LogP contribution in [0.1, 0.15) is 39.7 Å². The van der Waals surface area contributed by atoms with Crippen molar-refractivity contribution in [3.05, 3.63) is 60.2 Å². The van der Waals surface area contributed by atoms with Gasteiger partial charge in [-0.1, -0.05) is 46.3 Å². The van der Waals surface area contributed by atoms with Gasteiger partial charge in [-0.15, -0.1) is 0 Å². The number of anilines is 1. The molecule has 7 atom stereocenters. The molecule has 5 rings (SSSR count). The Morgan fingerprint density at radius 1 is 1.15 bits per heavy atom. The Morgan fingerprint density at radius 3 is 2.44 bits per heavy atom. The summed E-state index contributed by atoms with van der Waals surface area (Å²) in [5, 5.41) is 16.5. The van der Waals surface area contributed by atoms with Crippen LogP contribution in [0.5, 0.6) is 5.75 Å². The van der Waals surface area contributed by atoms with Crippen molar-refractivity contribution in [2.45, 2.75) is 74.7 Å². The van der Waals surface area contributed by atoms with E-state index in [4.69, 9.17) is 9.47 Å². The predicted octanol–water partition coefficient (Wildman–Crippen LogP) is 3.29. The van der Waals surface area contributed by atoms with E-state index in [0.717, 1.165) is 5.56 Å². The lowest BCUT2D eigenvalue weighted by Crippen LogP contribution is -2.60. The molecule has 3 N–H and O–H groups in total. The molecule has 2 aromatic carbocycles. The van der Waals surface area contributed by atoms with Crippen molar-refractivity contribution in [3.8, 4) is 5.75 Å². The number of benzene rings is 2. The summed E-state index contributed by atoms with van der Waals surface area (Å²) in [5.41, 5.74) is -0.278. The van der Waals surface area contributed by atoms with Crippen molar-refractivity contribution in [3.63, 3.8) is 0 Å². The molecular formula is C31H38BrN3O6. The maximum Gasteiger partial charge on any atom is 0.246 e. The fraction of sp³-hybridized carbons (Fsp3) is 0.516. The van der Waals surface area contributed by atoms with Crippen LogP contribution in [-0.4, -0.2) is 75.1 Å². The number of aliphatic hydroxyl groups excluding tert-OH is 1. The van der Waals surface area contributed by atoms with Gasteiger partial charge in [0.1, 0.15) is 17.4 Å². The summed E-state index contributed by atoms with van der Waals surface area (Å²) in [6.45, 7) is 7.72. The molecule has 10 heteroatoms. The lowest BCUT2D eigenvalue weighted by Gasteiger charge is -2.38. The Bertz CT molecular complexity index is 1280. The Balaban J connectivity index is 1.50. The van der Waals surface area contributed by atoms with Gasteiger partial charge in [0.15, 0.2) is 0 Å². The van der Waals surface area contributed by atoms with Crippen molar-refractivity contribution in [2.24, 2.45) is 11.8 Å². The van der Waals surface area contributed by atoms with Crippen molar-refractivity contribution in [1.82, 2.24) is 10.2 Å². The summed E-state index contributed by atoms with van der Waals surface area (Å²) in [6.07, 6.45) is 0.166. The molecule has 3 fully saturated rings. The minimum absolute atomic E-state index is 0.228. The number of amides is 3. The lowest BCUT2D eigenvalue weighted by molar-refractivity contribution is -0.145. The molecule has 0 aliphatic carbocycles. The Kier molecular flexibility index (Phi) is 8.20. The third-order valence-corrected chi connectivity index (χ3v) is 8.97. The number of hydrogen-bond acceptors (Lipinski definition) is 6. The molecule has 3 aliphatic rings. The molecule has 0 radical (unpaired) electrons. The molecule has 220 valence electrons. The van der Waals surface area contributed by atoms with Crippen LogP contribution in [-0.2, 0) is 25.5 Å². The Labute approximate surface area is 249 Å². The molecule has 3 unspecified atom stereocenters. The van der Waals surface area contributed by atoms with E-state index in [0.29, 0.717) is 30.9 Å². The predicted molar refractivity (Wildman–Crippen MR) is 158 cm³/mol. The van der Waals surface area contributed by atoms with E-state index in [1.165, 1.54) is 4.90 Å². The molecule has 3 aliphatic heterocycles. The van der Waals surface area contributed by atoms with Crippen LogP contribution >= 0.6 is 15.9 Å². The zero-order valence-electron chi connectivity index (χ0n) is 23.8. The van der Waals surface area contributed by atoms with E-state index in [-0.39, 0.29) is 29.2 Å². The van der Waals surface area contributed by atoms with Gasteiger partial charge in [0.25, 0.3) is 0 Å². The van der Waals surface area contributed by atoms with Crippen LogP contribution < -0.4 is 15.4 Å². The number of rotatable bonds is 9. The van der Waals surface area contributed by atoms with Gasteiger partial charge < -0.3 is 30.1 Å². The molecular weight excluding hydrogens is 590 g/mol. The number of likely N-dealkylation sites (tertiary alicyclic amines) is 1. The highest BCUT2D eigenvalue weighted by Gasteiger charge is 2.77. The third-order valence-electron chi connectivity index (χ3n) is 8.13. The zero-order valence-corrected chi connectivity index (χ0v) is 25.4. The molecule has 1 spiro atoms. The maximum atomic E-state index is 14.4. The van der Waals surface area contributed by atoms with Gasteiger partial charge in [-0.25, -0.2) is 0 Å². The smallest absolute Gasteiger partial charge is 0.246 e. The molecule has 2 aromatic rings. The van der Waals surface area contributed by atoms with Crippen molar-refractivity contribution in [2.75, 3.05) is 18.5 Å². The molecule has 3 amide bonds. The monoisotopic (exact) mass is 627 g/mol. The molecule has 0 aromatic heterocycles. The number of nitrogens with zero attached hydrogens (tertiary/aromatic N) is 1. The van der Waals surface area contributed by atoms with Gasteiger partial charge in [0.05, 0.1) is 37.2 Å². The first kappa shape index (κ1) is 29.5. The topological polar surface area (TPSA) is 117 Å². The average Bonchev–Trinajstić information content (AvgIpc) is 3.51. The van der Waals surface area contributed by atoms with E-state index in [2.05, 4.69) is 26.6 Å². The van der Waals surface area contributed by atoms with Crippen molar-refractivity contribution < 1.29 is 29.0 Å². The van der Waals surface area contributed by atoms with E-state index in [1.807, 2.05) is 58.0 Å². The SMILES string of the molecule is CCOc1ccc(NC(=O)[C@H]2[C@@H]3OC4(CC3Br)C(C(=O)NC(C)(C)C)N([C@@H](CO)Cc3ccccc3)C(=O)[C@H]24)cc1. The van der Waals surface area contributed by atoms with Gasteiger partial charge in [-0.05, 0) is 70.4 Å². The summed E-state index contributed by atoms with van der Waals surface area (Å²) >= 11 is 3.70. The highest BCUT2D eigenvalue weighted by molar-refractivity contribution is 9.09. The van der Waals surface area contributed by atoms with Crippen LogP contribution in [0.2, 0.25) is 0 Å². The first-order valence-corrected chi connectivity index (χ1v) is 15.0. The summed E-state index contributed by atoms with van der Waals surface area (Å²) in [5.74, 6) is -2.04. The number of alkyl halides is 1. The normalized spacial score (nSPS) is 29.3. The average molecular weight is 629 g/mol. The zero-order chi connectivity index (χ0) is 29.5. The van der Waals surface area contributed by atoms with Gasteiger partial charge in [0, 0.05) is 16.1 Å². The number of carbonyl (C=O) groups is 3. The van der Waals surface area contributed by atoms with Crippen LogP contribution in [0.3, 0.4) is 0 Å². The fourth-order valence-electron chi connectivity index (χ4n) is 6.66. The molecule has 9 nitrogen and oxygen atoms in total. The van der Waals surface area contributed by atoms with E-state index >= 15 is 0 Å². The first-order chi connectivity index (χ1) is 19.5. The number of nitrogens with one attached hydrogen (secondary N) is 2. The second-order valence-electron chi connectivity index (χ2n) is 12.1. The van der Waals surface area contributed by atoms with Gasteiger partial charge >= 0.3 is 0 Å². The largest absolute Gasteiger partial charge is 0.494 e. The number of hydrogen-bond donors (Lipinski definition) is 3. The number of fused-ring (bicyclic) bond motifs is 1. The highest BCUT2D eigenvalue weighted by Crippen LogP contribution is 2.60. The Hall–Kier alpha value is -2.95. The van der Waals surface area contributed by atoms with Gasteiger partial charge in [-0.3, -0.25) is 14.4 Å². The second-order valence-corrected chi connectivity index (χ2v) is 13.3. The minimum atomic E-state index is -1.21. The second kappa shape index (κ2) is 11.4. The summed E-state index contributed by atoms with van der Waals surface area (Å²) in [6, 6.07) is 14.9. The lowest BCUT2D eigenvalue weighted by atomic mass is 9.70. The number of ether oxygens (including phenoxy) is 2.